The molecular formula is C14H20N2O2S. The first kappa shape index (κ1) is 14.2. The lowest BCUT2D eigenvalue weighted by Crippen LogP contribution is -2.36. The van der Waals surface area contributed by atoms with Crippen molar-refractivity contribution in [1.82, 2.24) is 10.6 Å². The van der Waals surface area contributed by atoms with Crippen LogP contribution in [-0.2, 0) is 4.79 Å². The van der Waals surface area contributed by atoms with Gasteiger partial charge in [-0.3, -0.25) is 4.79 Å². The minimum absolute atomic E-state index is 0.148. The molecule has 0 aliphatic carbocycles. The minimum Gasteiger partial charge on any atom is -0.497 e. The van der Waals surface area contributed by atoms with Gasteiger partial charge in [0.2, 0.25) is 5.91 Å². The molecule has 1 aliphatic heterocycles. The van der Waals surface area contributed by atoms with Crippen LogP contribution < -0.4 is 15.4 Å². The molecule has 1 atom stereocenters. The van der Waals surface area contributed by atoms with E-state index in [1.165, 1.54) is 0 Å². The number of hydrogen-bond donors (Lipinski definition) is 2. The van der Waals surface area contributed by atoms with Crippen LogP contribution in [0.3, 0.4) is 0 Å². The Morgan fingerprint density at radius 2 is 2.26 bits per heavy atom. The Hall–Kier alpha value is -1.20. The Morgan fingerprint density at radius 3 is 2.89 bits per heavy atom. The van der Waals surface area contributed by atoms with Crippen molar-refractivity contribution in [3.05, 3.63) is 24.3 Å². The highest BCUT2D eigenvalue weighted by molar-refractivity contribution is 7.99. The molecule has 0 spiro atoms. The largest absolute Gasteiger partial charge is 0.497 e. The van der Waals surface area contributed by atoms with Crippen LogP contribution in [0.25, 0.3) is 0 Å². The number of amides is 1. The van der Waals surface area contributed by atoms with E-state index < -0.39 is 0 Å². The normalized spacial score (nSPS) is 18.3. The molecule has 0 radical (unpaired) electrons. The smallest absolute Gasteiger partial charge is 0.221 e. The fraction of sp³-hybridized carbons (Fsp3) is 0.500. The summed E-state index contributed by atoms with van der Waals surface area (Å²) in [5.41, 5.74) is 0. The van der Waals surface area contributed by atoms with Crippen LogP contribution in [0.15, 0.2) is 29.2 Å². The number of carbonyl (C=O) groups is 1. The van der Waals surface area contributed by atoms with Crippen LogP contribution in [0, 0.1) is 0 Å². The van der Waals surface area contributed by atoms with Gasteiger partial charge in [0, 0.05) is 29.7 Å². The Bertz CT molecular complexity index is 402. The van der Waals surface area contributed by atoms with E-state index in [4.69, 9.17) is 4.74 Å². The summed E-state index contributed by atoms with van der Waals surface area (Å²) in [6, 6.07) is 8.22. The van der Waals surface area contributed by atoms with Crippen LogP contribution in [-0.4, -0.2) is 37.9 Å². The van der Waals surface area contributed by atoms with E-state index in [9.17, 15) is 4.79 Å². The molecule has 1 unspecified atom stereocenters. The van der Waals surface area contributed by atoms with Gasteiger partial charge in [0.15, 0.2) is 0 Å². The van der Waals surface area contributed by atoms with Gasteiger partial charge in [-0.25, -0.2) is 0 Å². The van der Waals surface area contributed by atoms with Gasteiger partial charge in [-0.1, -0.05) is 0 Å². The average Bonchev–Trinajstić information content (AvgIpc) is 2.92. The lowest BCUT2D eigenvalue weighted by atomic mass is 10.2. The molecule has 4 nitrogen and oxygen atoms in total. The zero-order valence-corrected chi connectivity index (χ0v) is 12.0. The van der Waals surface area contributed by atoms with Crippen LogP contribution >= 0.6 is 11.8 Å². The number of hydrogen-bond acceptors (Lipinski definition) is 4. The second kappa shape index (κ2) is 7.40. The summed E-state index contributed by atoms with van der Waals surface area (Å²) in [4.78, 5) is 12.9. The molecule has 2 N–H and O–H groups in total. The summed E-state index contributed by atoms with van der Waals surface area (Å²) < 4.78 is 5.11. The molecular weight excluding hydrogens is 260 g/mol. The monoisotopic (exact) mass is 280 g/mol. The SMILES string of the molecule is COc1ccc(SCCC(=O)NC2CCNC2)cc1. The Labute approximate surface area is 118 Å². The fourth-order valence-corrected chi connectivity index (χ4v) is 2.86. The molecule has 0 saturated carbocycles. The van der Waals surface area contributed by atoms with Crippen LogP contribution in [0.2, 0.25) is 0 Å². The van der Waals surface area contributed by atoms with E-state index in [0.717, 1.165) is 35.9 Å². The van der Waals surface area contributed by atoms with E-state index in [0.29, 0.717) is 12.5 Å². The highest BCUT2D eigenvalue weighted by Gasteiger charge is 2.16. The first-order chi connectivity index (χ1) is 9.28. The van der Waals surface area contributed by atoms with Gasteiger partial charge >= 0.3 is 0 Å². The van der Waals surface area contributed by atoms with Gasteiger partial charge < -0.3 is 15.4 Å². The molecule has 1 amide bonds. The van der Waals surface area contributed by atoms with Gasteiger partial charge in [0.25, 0.3) is 0 Å². The third-order valence-corrected chi connectivity index (χ3v) is 4.10. The minimum atomic E-state index is 0.148. The van der Waals surface area contributed by atoms with Gasteiger partial charge in [0.05, 0.1) is 7.11 Å². The van der Waals surface area contributed by atoms with E-state index in [1.807, 2.05) is 24.3 Å². The molecule has 1 aromatic rings. The standard InChI is InChI=1S/C14H20N2O2S/c1-18-12-2-4-13(5-3-12)19-9-7-14(17)16-11-6-8-15-10-11/h2-5,11,15H,6-10H2,1H3,(H,16,17). The molecule has 5 heteroatoms. The maximum Gasteiger partial charge on any atom is 0.221 e. The molecule has 1 aliphatic rings. The molecule has 1 heterocycles. The zero-order valence-electron chi connectivity index (χ0n) is 11.1. The summed E-state index contributed by atoms with van der Waals surface area (Å²) in [7, 11) is 1.66. The molecule has 104 valence electrons. The van der Waals surface area contributed by atoms with E-state index >= 15 is 0 Å². The molecule has 0 bridgehead atoms. The van der Waals surface area contributed by atoms with Crippen molar-refractivity contribution in [1.29, 1.82) is 0 Å². The third-order valence-electron chi connectivity index (χ3n) is 3.08. The third kappa shape index (κ3) is 4.76. The van der Waals surface area contributed by atoms with Crippen LogP contribution in [0.4, 0.5) is 0 Å². The summed E-state index contributed by atoms with van der Waals surface area (Å²) in [6.45, 7) is 1.91. The average molecular weight is 280 g/mol. The second-order valence-corrected chi connectivity index (χ2v) is 5.70. The first-order valence-corrected chi connectivity index (χ1v) is 7.53. The van der Waals surface area contributed by atoms with Crippen molar-refractivity contribution >= 4 is 17.7 Å². The Kier molecular flexibility index (Phi) is 5.54. The summed E-state index contributed by atoms with van der Waals surface area (Å²) >= 11 is 1.69. The number of nitrogens with one attached hydrogen (secondary N) is 2. The maximum atomic E-state index is 11.7. The molecule has 19 heavy (non-hydrogen) atoms. The number of methoxy groups -OCH3 is 1. The van der Waals surface area contributed by atoms with Gasteiger partial charge in [0.1, 0.15) is 5.75 Å². The van der Waals surface area contributed by atoms with Crippen molar-refractivity contribution in [2.24, 2.45) is 0 Å². The van der Waals surface area contributed by atoms with Crippen molar-refractivity contribution in [2.75, 3.05) is 26.0 Å². The van der Waals surface area contributed by atoms with E-state index in [2.05, 4.69) is 10.6 Å². The summed E-state index contributed by atoms with van der Waals surface area (Å²) in [6.07, 6.45) is 1.60. The van der Waals surface area contributed by atoms with Gasteiger partial charge in [-0.05, 0) is 37.2 Å². The quantitative estimate of drug-likeness (QED) is 0.778. The number of benzene rings is 1. The Balaban J connectivity index is 1.65. The number of rotatable bonds is 6. The molecule has 0 aromatic heterocycles. The highest BCUT2D eigenvalue weighted by Crippen LogP contribution is 2.21. The van der Waals surface area contributed by atoms with Crippen LogP contribution in [0.1, 0.15) is 12.8 Å². The summed E-state index contributed by atoms with van der Waals surface area (Å²) in [5.74, 6) is 1.81. The molecule has 1 aromatic carbocycles. The highest BCUT2D eigenvalue weighted by atomic mass is 32.2. The fourth-order valence-electron chi connectivity index (χ4n) is 2.01. The topological polar surface area (TPSA) is 50.4 Å². The van der Waals surface area contributed by atoms with Crippen molar-refractivity contribution in [2.45, 2.75) is 23.8 Å². The first-order valence-electron chi connectivity index (χ1n) is 6.55. The van der Waals surface area contributed by atoms with Gasteiger partial charge in [-0.15, -0.1) is 11.8 Å². The molecule has 1 saturated heterocycles. The predicted octanol–water partition coefficient (Wildman–Crippen LogP) is 1.66. The zero-order chi connectivity index (χ0) is 13.5. The Morgan fingerprint density at radius 1 is 1.47 bits per heavy atom. The van der Waals surface area contributed by atoms with Crippen molar-refractivity contribution < 1.29 is 9.53 Å². The predicted molar refractivity (Wildman–Crippen MR) is 77.8 cm³/mol. The van der Waals surface area contributed by atoms with Gasteiger partial charge in [-0.2, -0.15) is 0 Å². The van der Waals surface area contributed by atoms with E-state index in [1.54, 1.807) is 18.9 Å². The number of thioether (sulfide) groups is 1. The lowest BCUT2D eigenvalue weighted by molar-refractivity contribution is -0.121. The second-order valence-electron chi connectivity index (χ2n) is 4.53. The summed E-state index contributed by atoms with van der Waals surface area (Å²) in [5, 5.41) is 6.29. The van der Waals surface area contributed by atoms with E-state index in [-0.39, 0.29) is 5.91 Å². The lowest BCUT2D eigenvalue weighted by Gasteiger charge is -2.10. The molecule has 1 fully saturated rings. The van der Waals surface area contributed by atoms with Crippen molar-refractivity contribution in [3.8, 4) is 5.75 Å². The van der Waals surface area contributed by atoms with Crippen molar-refractivity contribution in [3.63, 3.8) is 0 Å². The number of carbonyl (C=O) groups excluding carboxylic acids is 1. The maximum absolute atomic E-state index is 11.7. The number of ether oxygens (including phenoxy) is 1. The van der Waals surface area contributed by atoms with Crippen LogP contribution in [0.5, 0.6) is 5.75 Å². The molecule has 2 rings (SSSR count).